The lowest BCUT2D eigenvalue weighted by Gasteiger charge is -2.47. The van der Waals surface area contributed by atoms with Gasteiger partial charge in [-0.05, 0) is 30.7 Å². The highest BCUT2D eigenvalue weighted by Gasteiger charge is 2.54. The molecule has 1 N–H and O–H groups in total. The molecule has 1 aliphatic carbocycles. The zero-order chi connectivity index (χ0) is 17.9. The standard InChI is InChI=1S/C21H23NO4/c1-24-13-17-19(16-11-12-25-20(16)17)22-21(23)15-9-5-6-10-18(15)26-14-7-3-2-4-8-14/h2-10,16-17,19-20H,11-13H2,1H3,(H,22,23)/t16-,17+,19-,20-/m0/s1. The second-order valence-electron chi connectivity index (χ2n) is 6.82. The monoisotopic (exact) mass is 353 g/mol. The summed E-state index contributed by atoms with van der Waals surface area (Å²) in [6.45, 7) is 1.35. The van der Waals surface area contributed by atoms with Crippen LogP contribution in [-0.2, 0) is 9.47 Å². The summed E-state index contributed by atoms with van der Waals surface area (Å²) >= 11 is 0. The number of hydrogen-bond donors (Lipinski definition) is 1. The Bertz CT molecular complexity index is 764. The van der Waals surface area contributed by atoms with Crippen molar-refractivity contribution >= 4 is 5.91 Å². The summed E-state index contributed by atoms with van der Waals surface area (Å²) in [5, 5.41) is 3.19. The van der Waals surface area contributed by atoms with E-state index < -0.39 is 0 Å². The lowest BCUT2D eigenvalue weighted by atomic mass is 9.67. The van der Waals surface area contributed by atoms with Gasteiger partial charge >= 0.3 is 0 Å². The molecule has 2 fully saturated rings. The number of amides is 1. The summed E-state index contributed by atoms with van der Waals surface area (Å²) in [5.41, 5.74) is 0.537. The molecule has 0 radical (unpaired) electrons. The predicted octanol–water partition coefficient (Wildman–Crippen LogP) is 3.26. The van der Waals surface area contributed by atoms with Crippen LogP contribution in [0, 0.1) is 11.8 Å². The predicted molar refractivity (Wildman–Crippen MR) is 97.4 cm³/mol. The van der Waals surface area contributed by atoms with E-state index >= 15 is 0 Å². The molecule has 1 aliphatic heterocycles. The molecule has 4 rings (SSSR count). The van der Waals surface area contributed by atoms with Gasteiger partial charge in [-0.3, -0.25) is 4.79 Å². The van der Waals surface area contributed by atoms with E-state index in [0.717, 1.165) is 13.0 Å². The van der Waals surface area contributed by atoms with Gasteiger partial charge in [-0.1, -0.05) is 30.3 Å². The first kappa shape index (κ1) is 17.1. The Kier molecular flexibility index (Phi) is 4.91. The number of fused-ring (bicyclic) bond motifs is 1. The summed E-state index contributed by atoms with van der Waals surface area (Å²) in [6.07, 6.45) is 1.19. The molecule has 1 heterocycles. The van der Waals surface area contributed by atoms with Crippen LogP contribution in [0.25, 0.3) is 0 Å². The van der Waals surface area contributed by atoms with E-state index in [1.54, 1.807) is 13.2 Å². The van der Waals surface area contributed by atoms with Crippen LogP contribution in [0.4, 0.5) is 0 Å². The smallest absolute Gasteiger partial charge is 0.255 e. The van der Waals surface area contributed by atoms with E-state index in [4.69, 9.17) is 14.2 Å². The first-order valence-electron chi connectivity index (χ1n) is 9.01. The Morgan fingerprint density at radius 2 is 1.92 bits per heavy atom. The van der Waals surface area contributed by atoms with Gasteiger partial charge in [0.25, 0.3) is 5.91 Å². The van der Waals surface area contributed by atoms with Crippen molar-refractivity contribution in [3.8, 4) is 11.5 Å². The molecule has 0 aromatic heterocycles. The minimum absolute atomic E-state index is 0.0831. The Balaban J connectivity index is 1.50. The highest BCUT2D eigenvalue weighted by Crippen LogP contribution is 2.44. The molecule has 0 spiro atoms. The first-order valence-corrected chi connectivity index (χ1v) is 9.01. The largest absolute Gasteiger partial charge is 0.457 e. The third-order valence-corrected chi connectivity index (χ3v) is 5.29. The van der Waals surface area contributed by atoms with Crippen molar-refractivity contribution in [1.29, 1.82) is 0 Å². The Morgan fingerprint density at radius 1 is 1.15 bits per heavy atom. The molecule has 5 nitrogen and oxygen atoms in total. The number of carbonyl (C=O) groups is 1. The summed E-state index contributed by atoms with van der Waals surface area (Å²) < 4.78 is 17.0. The molecule has 136 valence electrons. The maximum absolute atomic E-state index is 12.9. The molecule has 2 aromatic rings. The molecule has 4 atom stereocenters. The Labute approximate surface area is 153 Å². The van der Waals surface area contributed by atoms with Crippen LogP contribution in [0.2, 0.25) is 0 Å². The van der Waals surface area contributed by atoms with E-state index in [1.165, 1.54) is 0 Å². The number of carbonyl (C=O) groups excluding carboxylic acids is 1. The fourth-order valence-electron chi connectivity index (χ4n) is 4.02. The molecular weight excluding hydrogens is 330 g/mol. The fourth-order valence-corrected chi connectivity index (χ4v) is 4.02. The second kappa shape index (κ2) is 7.48. The van der Waals surface area contributed by atoms with E-state index in [0.29, 0.717) is 29.6 Å². The summed E-state index contributed by atoms with van der Waals surface area (Å²) in [5.74, 6) is 1.73. The zero-order valence-electron chi connectivity index (χ0n) is 14.8. The first-order chi connectivity index (χ1) is 12.8. The van der Waals surface area contributed by atoms with Crippen molar-refractivity contribution in [1.82, 2.24) is 5.32 Å². The van der Waals surface area contributed by atoms with Gasteiger partial charge in [0, 0.05) is 31.6 Å². The van der Waals surface area contributed by atoms with Gasteiger partial charge in [0.15, 0.2) is 0 Å². The Hall–Kier alpha value is -2.37. The molecule has 5 heteroatoms. The van der Waals surface area contributed by atoms with Crippen molar-refractivity contribution in [3.63, 3.8) is 0 Å². The van der Waals surface area contributed by atoms with Crippen LogP contribution in [-0.4, -0.2) is 38.4 Å². The van der Waals surface area contributed by atoms with Crippen molar-refractivity contribution in [2.24, 2.45) is 11.8 Å². The van der Waals surface area contributed by atoms with E-state index in [2.05, 4.69) is 5.32 Å². The maximum atomic E-state index is 12.9. The van der Waals surface area contributed by atoms with Crippen LogP contribution < -0.4 is 10.1 Å². The number of nitrogens with one attached hydrogen (secondary N) is 1. The van der Waals surface area contributed by atoms with Crippen molar-refractivity contribution < 1.29 is 19.0 Å². The molecule has 2 aliphatic rings. The van der Waals surface area contributed by atoms with Crippen LogP contribution in [0.5, 0.6) is 11.5 Å². The molecule has 1 saturated heterocycles. The summed E-state index contributed by atoms with van der Waals surface area (Å²) in [6, 6.07) is 16.9. The average molecular weight is 353 g/mol. The molecule has 0 bridgehead atoms. The lowest BCUT2D eigenvalue weighted by molar-refractivity contribution is -0.0809. The molecule has 0 unspecified atom stereocenters. The van der Waals surface area contributed by atoms with Gasteiger partial charge in [-0.2, -0.15) is 0 Å². The van der Waals surface area contributed by atoms with Gasteiger partial charge in [0.1, 0.15) is 11.5 Å². The van der Waals surface area contributed by atoms with Crippen molar-refractivity contribution in [2.75, 3.05) is 20.3 Å². The molecule has 2 aromatic carbocycles. The van der Waals surface area contributed by atoms with Crippen LogP contribution in [0.3, 0.4) is 0 Å². The number of methoxy groups -OCH3 is 1. The zero-order valence-corrected chi connectivity index (χ0v) is 14.8. The minimum atomic E-state index is -0.118. The lowest BCUT2D eigenvalue weighted by Crippen LogP contribution is -2.62. The topological polar surface area (TPSA) is 56.8 Å². The van der Waals surface area contributed by atoms with Gasteiger partial charge in [0.05, 0.1) is 18.3 Å². The molecular formula is C21H23NO4. The molecule has 26 heavy (non-hydrogen) atoms. The normalized spacial score (nSPS) is 26.7. The van der Waals surface area contributed by atoms with E-state index in [9.17, 15) is 4.79 Å². The van der Waals surface area contributed by atoms with Crippen molar-refractivity contribution in [3.05, 3.63) is 60.2 Å². The highest BCUT2D eigenvalue weighted by molar-refractivity contribution is 5.97. The molecule has 1 amide bonds. The number of rotatable bonds is 6. The summed E-state index contributed by atoms with van der Waals surface area (Å²) in [7, 11) is 1.68. The SMILES string of the molecule is COC[C@@H]1[C@@H](NC(=O)c2ccccc2Oc2ccccc2)[C@@H]2CCO[C@H]12. The average Bonchev–Trinajstić information content (AvgIpc) is 3.10. The van der Waals surface area contributed by atoms with Crippen LogP contribution >= 0.6 is 0 Å². The maximum Gasteiger partial charge on any atom is 0.255 e. The summed E-state index contributed by atoms with van der Waals surface area (Å²) in [4.78, 5) is 12.9. The van der Waals surface area contributed by atoms with Gasteiger partial charge in [-0.15, -0.1) is 0 Å². The quantitative estimate of drug-likeness (QED) is 0.866. The second-order valence-corrected chi connectivity index (χ2v) is 6.82. The van der Waals surface area contributed by atoms with E-state index in [-0.39, 0.29) is 24.0 Å². The third-order valence-electron chi connectivity index (χ3n) is 5.29. The van der Waals surface area contributed by atoms with Crippen LogP contribution in [0.1, 0.15) is 16.8 Å². The van der Waals surface area contributed by atoms with Crippen molar-refractivity contribution in [2.45, 2.75) is 18.6 Å². The van der Waals surface area contributed by atoms with Crippen LogP contribution in [0.15, 0.2) is 54.6 Å². The number of benzene rings is 2. The fraction of sp³-hybridized carbons (Fsp3) is 0.381. The minimum Gasteiger partial charge on any atom is -0.457 e. The number of para-hydroxylation sites is 2. The molecule has 1 saturated carbocycles. The number of hydrogen-bond acceptors (Lipinski definition) is 4. The third kappa shape index (κ3) is 3.20. The van der Waals surface area contributed by atoms with Gasteiger partial charge in [0.2, 0.25) is 0 Å². The Morgan fingerprint density at radius 3 is 2.73 bits per heavy atom. The number of ether oxygens (including phenoxy) is 3. The van der Waals surface area contributed by atoms with E-state index in [1.807, 2.05) is 48.5 Å². The van der Waals surface area contributed by atoms with Gasteiger partial charge < -0.3 is 19.5 Å². The highest BCUT2D eigenvalue weighted by atomic mass is 16.5. The van der Waals surface area contributed by atoms with Gasteiger partial charge in [-0.25, -0.2) is 0 Å².